The molecule has 1 rings (SSSR count). The SMILES string of the molecule is CCCC1CCCC1N. The lowest BCUT2D eigenvalue weighted by Crippen LogP contribution is -2.23. The molecule has 0 amide bonds. The average Bonchev–Trinajstić information content (AvgIpc) is 2.18. The van der Waals surface area contributed by atoms with Gasteiger partial charge in [0, 0.05) is 6.04 Å². The Balaban J connectivity index is 2.22. The van der Waals surface area contributed by atoms with Crippen molar-refractivity contribution in [3.63, 3.8) is 0 Å². The number of nitrogens with two attached hydrogens (primary N) is 1. The highest BCUT2D eigenvalue weighted by atomic mass is 14.7. The summed E-state index contributed by atoms with van der Waals surface area (Å²) in [6, 6.07) is 0.532. The first-order valence-electron chi connectivity index (χ1n) is 4.10. The summed E-state index contributed by atoms with van der Waals surface area (Å²) >= 11 is 0. The molecule has 0 aliphatic heterocycles. The van der Waals surface area contributed by atoms with Crippen LogP contribution in [0.25, 0.3) is 0 Å². The number of hydrogen-bond donors (Lipinski definition) is 1. The smallest absolute Gasteiger partial charge is 0.00671 e. The van der Waals surface area contributed by atoms with Crippen LogP contribution in [0.15, 0.2) is 0 Å². The molecule has 0 spiro atoms. The zero-order chi connectivity index (χ0) is 6.69. The van der Waals surface area contributed by atoms with Crippen LogP contribution in [0.4, 0.5) is 0 Å². The van der Waals surface area contributed by atoms with E-state index in [9.17, 15) is 0 Å². The first-order chi connectivity index (χ1) is 4.34. The van der Waals surface area contributed by atoms with Crippen molar-refractivity contribution in [1.82, 2.24) is 0 Å². The highest BCUT2D eigenvalue weighted by molar-refractivity contribution is 4.79. The van der Waals surface area contributed by atoms with Crippen LogP contribution in [0.1, 0.15) is 39.0 Å². The van der Waals surface area contributed by atoms with Crippen LogP contribution in [0, 0.1) is 5.92 Å². The molecule has 0 bridgehead atoms. The second kappa shape index (κ2) is 3.21. The van der Waals surface area contributed by atoms with E-state index in [4.69, 9.17) is 5.73 Å². The maximum Gasteiger partial charge on any atom is 0.00671 e. The molecule has 0 saturated heterocycles. The third-order valence-electron chi connectivity index (χ3n) is 2.38. The molecule has 0 radical (unpaired) electrons. The van der Waals surface area contributed by atoms with Gasteiger partial charge in [-0.05, 0) is 25.2 Å². The standard InChI is InChI=1S/C8H17N/c1-2-4-7-5-3-6-8(7)9/h7-8H,2-6,9H2,1H3. The van der Waals surface area contributed by atoms with Crippen LogP contribution >= 0.6 is 0 Å². The topological polar surface area (TPSA) is 26.0 Å². The third-order valence-corrected chi connectivity index (χ3v) is 2.38. The highest BCUT2D eigenvalue weighted by Crippen LogP contribution is 2.27. The predicted octanol–water partition coefficient (Wildman–Crippen LogP) is 1.91. The molecule has 0 aromatic heterocycles. The molecule has 1 fully saturated rings. The summed E-state index contributed by atoms with van der Waals surface area (Å²) in [5.74, 6) is 0.856. The van der Waals surface area contributed by atoms with E-state index in [1.54, 1.807) is 0 Å². The van der Waals surface area contributed by atoms with Crippen molar-refractivity contribution in [3.05, 3.63) is 0 Å². The van der Waals surface area contributed by atoms with Gasteiger partial charge < -0.3 is 5.73 Å². The van der Waals surface area contributed by atoms with Gasteiger partial charge in [-0.1, -0.05) is 19.8 Å². The Kier molecular flexibility index (Phi) is 2.52. The van der Waals surface area contributed by atoms with Crippen molar-refractivity contribution < 1.29 is 0 Å². The minimum atomic E-state index is 0.532. The summed E-state index contributed by atoms with van der Waals surface area (Å²) in [5, 5.41) is 0. The van der Waals surface area contributed by atoms with Crippen molar-refractivity contribution in [3.8, 4) is 0 Å². The van der Waals surface area contributed by atoms with Crippen LogP contribution in [0.3, 0.4) is 0 Å². The lowest BCUT2D eigenvalue weighted by molar-refractivity contribution is 0.442. The Morgan fingerprint density at radius 2 is 2.22 bits per heavy atom. The van der Waals surface area contributed by atoms with Crippen LogP contribution < -0.4 is 5.73 Å². The zero-order valence-electron chi connectivity index (χ0n) is 6.27. The van der Waals surface area contributed by atoms with Gasteiger partial charge in [-0.25, -0.2) is 0 Å². The van der Waals surface area contributed by atoms with Gasteiger partial charge in [-0.2, -0.15) is 0 Å². The lowest BCUT2D eigenvalue weighted by atomic mass is 9.99. The molecule has 1 aliphatic carbocycles. The molecule has 1 saturated carbocycles. The first kappa shape index (κ1) is 7.07. The second-order valence-electron chi connectivity index (χ2n) is 3.14. The van der Waals surface area contributed by atoms with Gasteiger partial charge in [-0.15, -0.1) is 0 Å². The van der Waals surface area contributed by atoms with E-state index in [-0.39, 0.29) is 0 Å². The van der Waals surface area contributed by atoms with Crippen molar-refractivity contribution in [2.24, 2.45) is 11.7 Å². The van der Waals surface area contributed by atoms with Crippen molar-refractivity contribution in [2.45, 2.75) is 45.1 Å². The van der Waals surface area contributed by atoms with Gasteiger partial charge in [0.05, 0.1) is 0 Å². The highest BCUT2D eigenvalue weighted by Gasteiger charge is 2.22. The van der Waals surface area contributed by atoms with E-state index in [1.165, 1.54) is 32.1 Å². The van der Waals surface area contributed by atoms with Gasteiger partial charge in [-0.3, -0.25) is 0 Å². The Hall–Kier alpha value is -0.0400. The molecule has 0 heterocycles. The molecule has 9 heavy (non-hydrogen) atoms. The Labute approximate surface area is 57.6 Å². The van der Waals surface area contributed by atoms with E-state index in [0.717, 1.165) is 5.92 Å². The number of hydrogen-bond acceptors (Lipinski definition) is 1. The van der Waals surface area contributed by atoms with Crippen molar-refractivity contribution in [1.29, 1.82) is 0 Å². The fraction of sp³-hybridized carbons (Fsp3) is 1.00. The van der Waals surface area contributed by atoms with E-state index in [1.807, 2.05) is 0 Å². The number of rotatable bonds is 2. The van der Waals surface area contributed by atoms with E-state index in [0.29, 0.717) is 6.04 Å². The normalized spacial score (nSPS) is 35.3. The molecule has 1 nitrogen and oxygen atoms in total. The van der Waals surface area contributed by atoms with E-state index in [2.05, 4.69) is 6.92 Å². The molecule has 1 heteroatoms. The van der Waals surface area contributed by atoms with Crippen LogP contribution in [0.2, 0.25) is 0 Å². The predicted molar refractivity (Wildman–Crippen MR) is 40.2 cm³/mol. The first-order valence-corrected chi connectivity index (χ1v) is 4.10. The van der Waals surface area contributed by atoms with Gasteiger partial charge in [0.25, 0.3) is 0 Å². The summed E-state index contributed by atoms with van der Waals surface area (Å²) in [4.78, 5) is 0. The van der Waals surface area contributed by atoms with E-state index >= 15 is 0 Å². The lowest BCUT2D eigenvalue weighted by Gasteiger charge is -2.12. The van der Waals surface area contributed by atoms with Crippen molar-refractivity contribution in [2.75, 3.05) is 0 Å². The van der Waals surface area contributed by atoms with Gasteiger partial charge in [0.1, 0.15) is 0 Å². The van der Waals surface area contributed by atoms with Crippen molar-refractivity contribution >= 4 is 0 Å². The molecule has 54 valence electrons. The quantitative estimate of drug-likeness (QED) is 0.602. The van der Waals surface area contributed by atoms with Crippen LogP contribution in [-0.2, 0) is 0 Å². The second-order valence-corrected chi connectivity index (χ2v) is 3.14. The summed E-state index contributed by atoms with van der Waals surface area (Å²) in [5.41, 5.74) is 5.87. The Morgan fingerprint density at radius 3 is 2.67 bits per heavy atom. The summed E-state index contributed by atoms with van der Waals surface area (Å²) in [6.45, 7) is 2.24. The van der Waals surface area contributed by atoms with Gasteiger partial charge >= 0.3 is 0 Å². The van der Waals surface area contributed by atoms with Crippen LogP contribution in [-0.4, -0.2) is 6.04 Å². The van der Waals surface area contributed by atoms with E-state index < -0.39 is 0 Å². The molecule has 1 aliphatic rings. The molecular weight excluding hydrogens is 110 g/mol. The zero-order valence-corrected chi connectivity index (χ0v) is 6.27. The maximum absolute atomic E-state index is 5.87. The molecular formula is C8H17N. The molecule has 0 aromatic carbocycles. The molecule has 0 aromatic rings. The monoisotopic (exact) mass is 127 g/mol. The minimum absolute atomic E-state index is 0.532. The van der Waals surface area contributed by atoms with Crippen LogP contribution in [0.5, 0.6) is 0 Å². The third kappa shape index (κ3) is 1.68. The fourth-order valence-electron chi connectivity index (χ4n) is 1.79. The molecule has 2 unspecified atom stereocenters. The Morgan fingerprint density at radius 1 is 1.44 bits per heavy atom. The molecule has 2 N–H and O–H groups in total. The summed E-state index contributed by atoms with van der Waals surface area (Å²) < 4.78 is 0. The largest absolute Gasteiger partial charge is 0.327 e. The average molecular weight is 127 g/mol. The summed E-state index contributed by atoms with van der Waals surface area (Å²) in [6.07, 6.45) is 6.67. The van der Waals surface area contributed by atoms with Gasteiger partial charge in [0.2, 0.25) is 0 Å². The molecule has 2 atom stereocenters. The maximum atomic E-state index is 5.87. The van der Waals surface area contributed by atoms with Gasteiger partial charge in [0.15, 0.2) is 0 Å². The minimum Gasteiger partial charge on any atom is -0.327 e. The Bertz CT molecular complexity index is 80.6. The summed E-state index contributed by atoms with van der Waals surface area (Å²) in [7, 11) is 0. The fourth-order valence-corrected chi connectivity index (χ4v) is 1.79.